The molecule has 116 valence electrons. The number of pyridine rings is 1. The Balaban J connectivity index is 1.92. The number of rotatable bonds is 4. The van der Waals surface area contributed by atoms with Crippen LogP contribution in [0, 0.1) is 0 Å². The van der Waals surface area contributed by atoms with Gasteiger partial charge in [-0.05, 0) is 30.3 Å². The van der Waals surface area contributed by atoms with Crippen molar-refractivity contribution in [1.29, 1.82) is 0 Å². The Morgan fingerprint density at radius 2 is 2.09 bits per heavy atom. The van der Waals surface area contributed by atoms with Gasteiger partial charge in [0.2, 0.25) is 5.78 Å². The number of nitrogens with one attached hydrogen (secondary N) is 1. The number of epoxide rings is 1. The number of nitrogens with zero attached hydrogens (tertiary/aromatic N) is 2. The van der Waals surface area contributed by atoms with E-state index in [0.29, 0.717) is 17.3 Å². The van der Waals surface area contributed by atoms with E-state index in [4.69, 9.17) is 16.3 Å². The van der Waals surface area contributed by atoms with Crippen LogP contribution >= 0.6 is 11.6 Å². The molecule has 3 aromatic rings. The van der Waals surface area contributed by atoms with Crippen molar-refractivity contribution in [2.75, 3.05) is 11.9 Å². The third kappa shape index (κ3) is 2.48. The van der Waals surface area contributed by atoms with Crippen LogP contribution in [0.1, 0.15) is 10.5 Å². The van der Waals surface area contributed by atoms with Gasteiger partial charge in [-0.15, -0.1) is 0 Å². The van der Waals surface area contributed by atoms with Gasteiger partial charge in [0.1, 0.15) is 11.8 Å². The van der Waals surface area contributed by atoms with Crippen molar-refractivity contribution in [1.82, 2.24) is 9.55 Å². The number of carbonyl (C=O) groups is 1. The van der Waals surface area contributed by atoms with E-state index < -0.39 is 0 Å². The lowest BCUT2D eigenvalue weighted by molar-refractivity contribution is 0.0947. The fourth-order valence-electron chi connectivity index (χ4n) is 2.76. The van der Waals surface area contributed by atoms with Crippen LogP contribution in [0.5, 0.6) is 0 Å². The summed E-state index contributed by atoms with van der Waals surface area (Å²) in [6.45, 7) is 0.482. The molecule has 6 heteroatoms. The molecule has 23 heavy (non-hydrogen) atoms. The summed E-state index contributed by atoms with van der Waals surface area (Å²) < 4.78 is 7.07. The molecular formula is C17H14ClN3O2. The summed E-state index contributed by atoms with van der Waals surface area (Å²) in [5.74, 6) is -0.0172. The van der Waals surface area contributed by atoms with E-state index in [2.05, 4.69) is 10.3 Å². The summed E-state index contributed by atoms with van der Waals surface area (Å²) in [6, 6.07) is 9.31. The third-order valence-electron chi connectivity index (χ3n) is 3.97. The van der Waals surface area contributed by atoms with Gasteiger partial charge in [-0.2, -0.15) is 0 Å². The lowest BCUT2D eigenvalue weighted by Gasteiger charge is -2.08. The predicted octanol–water partition coefficient (Wildman–Crippen LogP) is 3.55. The minimum atomic E-state index is -0.341. The summed E-state index contributed by atoms with van der Waals surface area (Å²) in [5, 5.41) is 4.86. The Kier molecular flexibility index (Phi) is 3.32. The summed E-state index contributed by atoms with van der Waals surface area (Å²) >= 11 is 6.15. The first-order valence-corrected chi connectivity index (χ1v) is 7.64. The number of benzene rings is 1. The molecule has 1 unspecified atom stereocenters. The summed E-state index contributed by atoms with van der Waals surface area (Å²) in [4.78, 5) is 16.7. The average Bonchev–Trinajstić information content (AvgIpc) is 3.36. The standard InChI is InChI=1S/C17H14ClN3O2/c1-21-13-3-2-10(18)8-12(13)15(16(21)17(22)14-9-23-14)20-11-4-6-19-7-5-11/h2-8,14H,9H2,1H3,(H,19,20). The zero-order valence-electron chi connectivity index (χ0n) is 12.4. The average molecular weight is 328 g/mol. The lowest BCUT2D eigenvalue weighted by Crippen LogP contribution is -2.13. The molecule has 0 bridgehead atoms. The van der Waals surface area contributed by atoms with Gasteiger partial charge in [-0.25, -0.2) is 0 Å². The molecule has 1 aliphatic rings. The molecule has 1 aliphatic heterocycles. The van der Waals surface area contributed by atoms with Gasteiger partial charge in [0.25, 0.3) is 0 Å². The van der Waals surface area contributed by atoms with Crippen LogP contribution in [0.25, 0.3) is 10.9 Å². The Bertz CT molecular complexity index is 901. The first kappa shape index (κ1) is 14.2. The smallest absolute Gasteiger partial charge is 0.212 e. The van der Waals surface area contributed by atoms with E-state index in [-0.39, 0.29) is 11.9 Å². The first-order chi connectivity index (χ1) is 11.1. The van der Waals surface area contributed by atoms with Gasteiger partial charge in [-0.1, -0.05) is 11.6 Å². The molecule has 1 N–H and O–H groups in total. The van der Waals surface area contributed by atoms with Gasteiger partial charge in [-0.3, -0.25) is 9.78 Å². The molecule has 0 radical (unpaired) electrons. The second-order valence-electron chi connectivity index (χ2n) is 5.49. The molecule has 5 nitrogen and oxygen atoms in total. The van der Waals surface area contributed by atoms with E-state index in [9.17, 15) is 4.79 Å². The normalized spacial score (nSPS) is 16.5. The summed E-state index contributed by atoms with van der Waals surface area (Å²) in [5.41, 5.74) is 3.14. The van der Waals surface area contributed by atoms with Gasteiger partial charge in [0, 0.05) is 35.5 Å². The largest absolute Gasteiger partial charge is 0.364 e. The Hall–Kier alpha value is -2.37. The van der Waals surface area contributed by atoms with E-state index in [1.807, 2.05) is 41.9 Å². The molecule has 0 spiro atoms. The molecule has 1 saturated heterocycles. The maximum absolute atomic E-state index is 12.7. The highest BCUT2D eigenvalue weighted by molar-refractivity contribution is 6.31. The molecular weight excluding hydrogens is 314 g/mol. The van der Waals surface area contributed by atoms with Crippen LogP contribution in [0.4, 0.5) is 11.4 Å². The van der Waals surface area contributed by atoms with Crippen molar-refractivity contribution in [2.24, 2.45) is 7.05 Å². The molecule has 1 fully saturated rings. The fourth-order valence-corrected chi connectivity index (χ4v) is 2.94. The highest BCUT2D eigenvalue weighted by Gasteiger charge is 2.36. The van der Waals surface area contributed by atoms with Crippen molar-refractivity contribution in [3.8, 4) is 0 Å². The van der Waals surface area contributed by atoms with Crippen molar-refractivity contribution in [2.45, 2.75) is 6.10 Å². The van der Waals surface area contributed by atoms with E-state index in [0.717, 1.165) is 22.3 Å². The van der Waals surface area contributed by atoms with Crippen LogP contribution in [0.3, 0.4) is 0 Å². The highest BCUT2D eigenvalue weighted by Crippen LogP contribution is 2.36. The summed E-state index contributed by atoms with van der Waals surface area (Å²) in [7, 11) is 1.88. The SMILES string of the molecule is Cn1c(C(=O)C2CO2)c(Nc2ccncc2)c2cc(Cl)ccc21. The topological polar surface area (TPSA) is 59.5 Å². The highest BCUT2D eigenvalue weighted by atomic mass is 35.5. The van der Waals surface area contributed by atoms with Crippen LogP contribution in [-0.2, 0) is 11.8 Å². The molecule has 2 aromatic heterocycles. The number of fused-ring (bicyclic) bond motifs is 1. The summed E-state index contributed by atoms with van der Waals surface area (Å²) in [6.07, 6.45) is 3.06. The van der Waals surface area contributed by atoms with Gasteiger partial charge in [0.15, 0.2) is 0 Å². The minimum Gasteiger partial charge on any atom is -0.364 e. The number of Topliss-reactive ketones (excluding diaryl/α,β-unsaturated/α-hetero) is 1. The number of ketones is 1. The quantitative estimate of drug-likeness (QED) is 0.588. The number of ether oxygens (including phenoxy) is 1. The molecule has 3 heterocycles. The Morgan fingerprint density at radius 1 is 1.35 bits per heavy atom. The van der Waals surface area contributed by atoms with Gasteiger partial charge >= 0.3 is 0 Å². The number of hydrogen-bond donors (Lipinski definition) is 1. The lowest BCUT2D eigenvalue weighted by atomic mass is 10.1. The molecule has 1 aromatic carbocycles. The van der Waals surface area contributed by atoms with E-state index in [1.54, 1.807) is 12.4 Å². The van der Waals surface area contributed by atoms with Gasteiger partial charge < -0.3 is 14.6 Å². The fraction of sp³-hybridized carbons (Fsp3) is 0.176. The maximum atomic E-state index is 12.7. The first-order valence-electron chi connectivity index (χ1n) is 7.26. The maximum Gasteiger partial charge on any atom is 0.212 e. The van der Waals surface area contributed by atoms with Gasteiger partial charge in [0.05, 0.1) is 17.8 Å². The van der Waals surface area contributed by atoms with E-state index >= 15 is 0 Å². The molecule has 0 aliphatic carbocycles. The second kappa shape index (κ2) is 5.37. The number of hydrogen-bond acceptors (Lipinski definition) is 4. The van der Waals surface area contributed by atoms with Crippen LogP contribution < -0.4 is 5.32 Å². The van der Waals surface area contributed by atoms with Crippen LogP contribution in [-0.4, -0.2) is 28.0 Å². The molecule has 4 rings (SSSR count). The minimum absolute atomic E-state index is 0.0172. The number of aromatic nitrogens is 2. The predicted molar refractivity (Wildman–Crippen MR) is 89.5 cm³/mol. The Morgan fingerprint density at radius 3 is 2.78 bits per heavy atom. The molecule has 0 amide bonds. The number of halogens is 1. The monoisotopic (exact) mass is 327 g/mol. The number of aryl methyl sites for hydroxylation is 1. The molecule has 1 atom stereocenters. The van der Waals surface area contributed by atoms with Crippen molar-refractivity contribution < 1.29 is 9.53 Å². The zero-order chi connectivity index (χ0) is 16.0. The van der Waals surface area contributed by atoms with Crippen molar-refractivity contribution in [3.05, 3.63) is 53.4 Å². The number of anilines is 2. The number of carbonyl (C=O) groups excluding carboxylic acids is 1. The van der Waals surface area contributed by atoms with Crippen LogP contribution in [0.2, 0.25) is 5.02 Å². The van der Waals surface area contributed by atoms with Crippen LogP contribution in [0.15, 0.2) is 42.7 Å². The molecule has 0 saturated carbocycles. The van der Waals surface area contributed by atoms with Crippen molar-refractivity contribution >= 4 is 39.7 Å². The zero-order valence-corrected chi connectivity index (χ0v) is 13.2. The second-order valence-corrected chi connectivity index (χ2v) is 5.93. The Labute approximate surface area is 137 Å². The third-order valence-corrected chi connectivity index (χ3v) is 4.21. The van der Waals surface area contributed by atoms with Crippen molar-refractivity contribution in [3.63, 3.8) is 0 Å². The van der Waals surface area contributed by atoms with E-state index in [1.165, 1.54) is 0 Å².